The average molecular weight is 229 g/mol. The number of aliphatic hydroxyl groups excluding tert-OH is 1. The van der Waals surface area contributed by atoms with Gasteiger partial charge in [-0.25, -0.2) is 0 Å². The van der Waals surface area contributed by atoms with Crippen molar-refractivity contribution in [3.05, 3.63) is 0 Å². The summed E-state index contributed by atoms with van der Waals surface area (Å²) >= 11 is 2.13. The molecule has 0 amide bonds. The molecular weight excluding hydrogens is 206 g/mol. The van der Waals surface area contributed by atoms with Gasteiger partial charge in [0.05, 0.1) is 0 Å². The first-order valence-corrected chi connectivity index (χ1v) is 7.34. The van der Waals surface area contributed by atoms with Gasteiger partial charge in [0.25, 0.3) is 0 Å². The largest absolute Gasteiger partial charge is 0.396 e. The third kappa shape index (κ3) is 2.89. The highest BCUT2D eigenvalue weighted by atomic mass is 32.2. The van der Waals surface area contributed by atoms with Crippen LogP contribution >= 0.6 is 11.8 Å². The zero-order chi connectivity index (χ0) is 10.7. The Hall–Kier alpha value is 0.270. The van der Waals surface area contributed by atoms with Crippen molar-refractivity contribution in [1.82, 2.24) is 4.90 Å². The first-order valence-electron chi connectivity index (χ1n) is 6.30. The van der Waals surface area contributed by atoms with Gasteiger partial charge in [0.15, 0.2) is 0 Å². The molecule has 2 fully saturated rings. The first-order chi connectivity index (χ1) is 7.33. The highest BCUT2D eigenvalue weighted by molar-refractivity contribution is 7.99. The molecule has 1 N–H and O–H groups in total. The molecule has 3 atom stereocenters. The Morgan fingerprint density at radius 3 is 2.87 bits per heavy atom. The Kier molecular flexibility index (Phi) is 4.35. The lowest BCUT2D eigenvalue weighted by Crippen LogP contribution is -2.31. The lowest BCUT2D eigenvalue weighted by Gasteiger charge is -2.23. The van der Waals surface area contributed by atoms with E-state index in [9.17, 15) is 0 Å². The van der Waals surface area contributed by atoms with Gasteiger partial charge in [-0.3, -0.25) is 4.90 Å². The van der Waals surface area contributed by atoms with Crippen molar-refractivity contribution < 1.29 is 5.11 Å². The van der Waals surface area contributed by atoms with Gasteiger partial charge in [0, 0.05) is 24.4 Å². The van der Waals surface area contributed by atoms with Crippen LogP contribution in [0.15, 0.2) is 0 Å². The predicted molar refractivity (Wildman–Crippen MR) is 66.3 cm³/mol. The van der Waals surface area contributed by atoms with Crippen molar-refractivity contribution >= 4 is 11.8 Å². The van der Waals surface area contributed by atoms with Crippen molar-refractivity contribution in [3.63, 3.8) is 0 Å². The van der Waals surface area contributed by atoms with E-state index in [4.69, 9.17) is 5.11 Å². The SMILES string of the molecule is CCSC1CCC(N2CCC(CO)C2)C1. The number of likely N-dealkylation sites (tertiary alicyclic amines) is 1. The second kappa shape index (κ2) is 5.55. The van der Waals surface area contributed by atoms with Crippen LogP contribution in [0, 0.1) is 5.92 Å². The van der Waals surface area contributed by atoms with Gasteiger partial charge in [-0.05, 0) is 43.9 Å². The van der Waals surface area contributed by atoms with E-state index in [1.54, 1.807) is 0 Å². The second-order valence-corrected chi connectivity index (χ2v) is 6.45. The zero-order valence-corrected chi connectivity index (χ0v) is 10.5. The topological polar surface area (TPSA) is 23.5 Å². The summed E-state index contributed by atoms with van der Waals surface area (Å²) < 4.78 is 0. The molecule has 1 aliphatic heterocycles. The number of hydrogen-bond acceptors (Lipinski definition) is 3. The maximum Gasteiger partial charge on any atom is 0.0471 e. The fraction of sp³-hybridized carbons (Fsp3) is 1.00. The summed E-state index contributed by atoms with van der Waals surface area (Å²) in [5, 5.41) is 10.0. The van der Waals surface area contributed by atoms with Crippen LogP contribution in [-0.2, 0) is 0 Å². The molecule has 3 heteroatoms. The van der Waals surface area contributed by atoms with Crippen LogP contribution in [0.3, 0.4) is 0 Å². The third-order valence-corrected chi connectivity index (χ3v) is 5.08. The minimum absolute atomic E-state index is 0.385. The van der Waals surface area contributed by atoms with Crippen LogP contribution in [-0.4, -0.2) is 46.7 Å². The summed E-state index contributed by atoms with van der Waals surface area (Å²) in [6, 6.07) is 0.825. The van der Waals surface area contributed by atoms with Gasteiger partial charge in [-0.2, -0.15) is 11.8 Å². The van der Waals surface area contributed by atoms with E-state index in [2.05, 4.69) is 23.6 Å². The number of nitrogens with zero attached hydrogens (tertiary/aromatic N) is 1. The molecule has 1 aliphatic carbocycles. The second-order valence-electron chi connectivity index (χ2n) is 4.88. The highest BCUT2D eigenvalue weighted by Gasteiger charge is 2.33. The van der Waals surface area contributed by atoms with E-state index >= 15 is 0 Å². The molecule has 0 spiro atoms. The molecule has 88 valence electrons. The minimum atomic E-state index is 0.385. The van der Waals surface area contributed by atoms with Gasteiger partial charge < -0.3 is 5.11 Å². The van der Waals surface area contributed by atoms with E-state index in [1.807, 2.05) is 0 Å². The Morgan fingerprint density at radius 2 is 2.20 bits per heavy atom. The van der Waals surface area contributed by atoms with Gasteiger partial charge in [0.2, 0.25) is 0 Å². The maximum absolute atomic E-state index is 9.13. The molecule has 15 heavy (non-hydrogen) atoms. The van der Waals surface area contributed by atoms with Crippen molar-refractivity contribution in [3.8, 4) is 0 Å². The molecule has 1 saturated heterocycles. The van der Waals surface area contributed by atoms with E-state index in [1.165, 1.54) is 38.0 Å². The molecule has 1 heterocycles. The van der Waals surface area contributed by atoms with Crippen LogP contribution in [0.5, 0.6) is 0 Å². The summed E-state index contributed by atoms with van der Waals surface area (Å²) in [5.41, 5.74) is 0. The predicted octanol–water partition coefficient (Wildman–Crippen LogP) is 1.97. The van der Waals surface area contributed by atoms with Crippen molar-refractivity contribution in [2.75, 3.05) is 25.4 Å². The van der Waals surface area contributed by atoms with E-state index in [0.29, 0.717) is 12.5 Å². The molecule has 3 unspecified atom stereocenters. The standard InChI is InChI=1S/C12H23NOS/c1-2-15-12-4-3-11(7-12)13-6-5-10(8-13)9-14/h10-12,14H,2-9H2,1H3. The van der Waals surface area contributed by atoms with Crippen molar-refractivity contribution in [1.29, 1.82) is 0 Å². The smallest absolute Gasteiger partial charge is 0.0471 e. The van der Waals surface area contributed by atoms with Gasteiger partial charge in [-0.1, -0.05) is 6.92 Å². The molecule has 2 nitrogen and oxygen atoms in total. The molecule has 0 radical (unpaired) electrons. The van der Waals surface area contributed by atoms with Crippen molar-refractivity contribution in [2.45, 2.75) is 43.9 Å². The summed E-state index contributed by atoms with van der Waals surface area (Å²) in [4.78, 5) is 2.62. The van der Waals surface area contributed by atoms with E-state index < -0.39 is 0 Å². The van der Waals surface area contributed by atoms with Gasteiger partial charge in [0.1, 0.15) is 0 Å². The number of hydrogen-bond donors (Lipinski definition) is 1. The van der Waals surface area contributed by atoms with Crippen LogP contribution in [0.2, 0.25) is 0 Å². The molecule has 0 aromatic rings. The van der Waals surface area contributed by atoms with Crippen LogP contribution in [0.25, 0.3) is 0 Å². The van der Waals surface area contributed by atoms with E-state index in [0.717, 1.165) is 17.8 Å². The Labute approximate surface area is 97.4 Å². The third-order valence-electron chi connectivity index (χ3n) is 3.85. The first kappa shape index (κ1) is 11.7. The maximum atomic E-state index is 9.13. The number of aliphatic hydroxyl groups is 1. The monoisotopic (exact) mass is 229 g/mol. The van der Waals surface area contributed by atoms with E-state index in [-0.39, 0.29) is 0 Å². The molecule has 0 aromatic heterocycles. The summed E-state index contributed by atoms with van der Waals surface area (Å²) in [7, 11) is 0. The quantitative estimate of drug-likeness (QED) is 0.797. The summed E-state index contributed by atoms with van der Waals surface area (Å²) in [5.74, 6) is 1.82. The Bertz CT molecular complexity index is 200. The Morgan fingerprint density at radius 1 is 1.33 bits per heavy atom. The average Bonchev–Trinajstić information content (AvgIpc) is 2.85. The van der Waals surface area contributed by atoms with Crippen LogP contribution in [0.1, 0.15) is 32.6 Å². The normalized spacial score (nSPS) is 37.6. The minimum Gasteiger partial charge on any atom is -0.396 e. The summed E-state index contributed by atoms with van der Waals surface area (Å²) in [6.45, 7) is 5.01. The molecular formula is C12H23NOS. The molecule has 0 bridgehead atoms. The van der Waals surface area contributed by atoms with Crippen LogP contribution < -0.4 is 0 Å². The highest BCUT2D eigenvalue weighted by Crippen LogP contribution is 2.34. The Balaban J connectivity index is 1.76. The zero-order valence-electron chi connectivity index (χ0n) is 9.69. The molecule has 2 aliphatic rings. The van der Waals surface area contributed by atoms with Crippen molar-refractivity contribution in [2.24, 2.45) is 5.92 Å². The summed E-state index contributed by atoms with van der Waals surface area (Å²) in [6.07, 6.45) is 5.38. The van der Waals surface area contributed by atoms with Gasteiger partial charge >= 0.3 is 0 Å². The van der Waals surface area contributed by atoms with Gasteiger partial charge in [-0.15, -0.1) is 0 Å². The number of thioether (sulfide) groups is 1. The fourth-order valence-corrected chi connectivity index (χ4v) is 4.11. The number of rotatable bonds is 4. The van der Waals surface area contributed by atoms with Crippen LogP contribution in [0.4, 0.5) is 0 Å². The molecule has 0 aromatic carbocycles. The fourth-order valence-electron chi connectivity index (χ4n) is 2.98. The molecule has 2 rings (SSSR count). The molecule has 1 saturated carbocycles. The lowest BCUT2D eigenvalue weighted by atomic mass is 10.1. The lowest BCUT2D eigenvalue weighted by molar-refractivity contribution is 0.199.